The number of anilines is 1. The van der Waals surface area contributed by atoms with Gasteiger partial charge in [-0.15, -0.1) is 11.3 Å². The SMILES string of the molecule is O=C(Nc1cccc(Br)n1)c1sccc1Cl. The van der Waals surface area contributed by atoms with Crippen LogP contribution in [0, 0.1) is 0 Å². The van der Waals surface area contributed by atoms with Crippen LogP contribution in [0.1, 0.15) is 9.67 Å². The van der Waals surface area contributed by atoms with Crippen molar-refractivity contribution in [3.63, 3.8) is 0 Å². The molecule has 2 rings (SSSR count). The maximum atomic E-state index is 11.8. The van der Waals surface area contributed by atoms with E-state index >= 15 is 0 Å². The number of carbonyl (C=O) groups is 1. The van der Waals surface area contributed by atoms with Crippen molar-refractivity contribution >= 4 is 50.6 Å². The number of hydrogen-bond donors (Lipinski definition) is 1. The minimum Gasteiger partial charge on any atom is -0.306 e. The van der Waals surface area contributed by atoms with Gasteiger partial charge in [0.15, 0.2) is 0 Å². The van der Waals surface area contributed by atoms with Gasteiger partial charge in [-0.2, -0.15) is 0 Å². The number of thiophene rings is 1. The maximum Gasteiger partial charge on any atom is 0.268 e. The van der Waals surface area contributed by atoms with E-state index in [0.29, 0.717) is 20.3 Å². The Hall–Kier alpha value is -0.910. The fraction of sp³-hybridized carbons (Fsp3) is 0. The monoisotopic (exact) mass is 316 g/mol. The lowest BCUT2D eigenvalue weighted by atomic mass is 10.4. The molecule has 1 N–H and O–H groups in total. The summed E-state index contributed by atoms with van der Waals surface area (Å²) < 4.78 is 0.669. The number of rotatable bonds is 2. The van der Waals surface area contributed by atoms with Gasteiger partial charge in [-0.1, -0.05) is 17.7 Å². The van der Waals surface area contributed by atoms with E-state index in [1.807, 2.05) is 0 Å². The molecule has 6 heteroatoms. The molecule has 16 heavy (non-hydrogen) atoms. The van der Waals surface area contributed by atoms with Crippen molar-refractivity contribution in [3.05, 3.63) is 44.1 Å². The van der Waals surface area contributed by atoms with Gasteiger partial charge in [-0.05, 0) is 39.5 Å². The minimum absolute atomic E-state index is 0.245. The van der Waals surface area contributed by atoms with E-state index in [4.69, 9.17) is 11.6 Å². The number of halogens is 2. The smallest absolute Gasteiger partial charge is 0.268 e. The number of pyridine rings is 1. The standard InChI is InChI=1S/C10H6BrClN2OS/c11-7-2-1-3-8(13-7)14-10(15)9-6(12)4-5-16-9/h1-5H,(H,13,14,15). The molecule has 0 spiro atoms. The molecular weight excluding hydrogens is 312 g/mol. The van der Waals surface area contributed by atoms with Crippen molar-refractivity contribution in [3.8, 4) is 0 Å². The van der Waals surface area contributed by atoms with E-state index < -0.39 is 0 Å². The van der Waals surface area contributed by atoms with Crippen LogP contribution in [0.15, 0.2) is 34.2 Å². The molecule has 82 valence electrons. The number of carbonyl (C=O) groups excluding carboxylic acids is 1. The lowest BCUT2D eigenvalue weighted by Crippen LogP contribution is -2.11. The Kier molecular flexibility index (Phi) is 3.58. The van der Waals surface area contributed by atoms with Crippen molar-refractivity contribution in [1.29, 1.82) is 0 Å². The van der Waals surface area contributed by atoms with Crippen LogP contribution in [-0.4, -0.2) is 10.9 Å². The summed E-state index contributed by atoms with van der Waals surface area (Å²) >= 11 is 10.4. The number of hydrogen-bond acceptors (Lipinski definition) is 3. The Balaban J connectivity index is 2.17. The zero-order valence-electron chi connectivity index (χ0n) is 7.91. The summed E-state index contributed by atoms with van der Waals surface area (Å²) in [7, 11) is 0. The predicted molar refractivity (Wildman–Crippen MR) is 69.2 cm³/mol. The Labute approximate surface area is 110 Å². The Bertz CT molecular complexity index is 529. The first-order valence-corrected chi connectivity index (χ1v) is 6.39. The molecule has 0 atom stereocenters. The van der Waals surface area contributed by atoms with Crippen molar-refractivity contribution < 1.29 is 4.79 Å². The van der Waals surface area contributed by atoms with Crippen LogP contribution in [0.4, 0.5) is 5.82 Å². The highest BCUT2D eigenvalue weighted by Gasteiger charge is 2.12. The third-order valence-corrected chi connectivity index (χ3v) is 3.56. The molecule has 2 aromatic rings. The third-order valence-electron chi connectivity index (χ3n) is 1.78. The number of nitrogens with one attached hydrogen (secondary N) is 1. The number of nitrogens with zero attached hydrogens (tertiary/aromatic N) is 1. The van der Waals surface area contributed by atoms with Gasteiger partial charge < -0.3 is 5.32 Å². The van der Waals surface area contributed by atoms with Crippen LogP contribution in [0.3, 0.4) is 0 Å². The summed E-state index contributed by atoms with van der Waals surface area (Å²) in [6.45, 7) is 0. The molecule has 0 radical (unpaired) electrons. The van der Waals surface area contributed by atoms with Crippen molar-refractivity contribution in [2.75, 3.05) is 5.32 Å². The van der Waals surface area contributed by atoms with Gasteiger partial charge in [-0.25, -0.2) is 4.98 Å². The molecule has 1 amide bonds. The molecule has 0 aliphatic carbocycles. The quantitative estimate of drug-likeness (QED) is 0.856. The zero-order chi connectivity index (χ0) is 11.5. The number of aromatic nitrogens is 1. The first-order chi connectivity index (χ1) is 7.66. The van der Waals surface area contributed by atoms with Crippen LogP contribution < -0.4 is 5.32 Å². The van der Waals surface area contributed by atoms with Crippen LogP contribution in [0.25, 0.3) is 0 Å². The van der Waals surface area contributed by atoms with Gasteiger partial charge in [0.2, 0.25) is 0 Å². The summed E-state index contributed by atoms with van der Waals surface area (Å²) in [5.41, 5.74) is 0. The molecule has 0 aliphatic rings. The van der Waals surface area contributed by atoms with Crippen LogP contribution in [0.2, 0.25) is 5.02 Å². The molecule has 2 heterocycles. The highest BCUT2D eigenvalue weighted by atomic mass is 79.9. The lowest BCUT2D eigenvalue weighted by molar-refractivity contribution is 0.103. The second-order valence-corrected chi connectivity index (χ2v) is 5.03. The summed E-state index contributed by atoms with van der Waals surface area (Å²) in [6, 6.07) is 6.98. The number of amides is 1. The molecule has 0 saturated carbocycles. The molecule has 0 saturated heterocycles. The molecule has 0 aromatic carbocycles. The predicted octanol–water partition coefficient (Wildman–Crippen LogP) is 3.81. The maximum absolute atomic E-state index is 11.8. The summed E-state index contributed by atoms with van der Waals surface area (Å²) in [5, 5.41) is 4.90. The zero-order valence-corrected chi connectivity index (χ0v) is 11.1. The van der Waals surface area contributed by atoms with Crippen LogP contribution in [0.5, 0.6) is 0 Å². The summed E-state index contributed by atoms with van der Waals surface area (Å²) in [4.78, 5) is 16.4. The first-order valence-electron chi connectivity index (χ1n) is 4.34. The van der Waals surface area contributed by atoms with Crippen molar-refractivity contribution in [2.24, 2.45) is 0 Å². The Morgan fingerprint density at radius 3 is 2.88 bits per heavy atom. The van der Waals surface area contributed by atoms with E-state index in [0.717, 1.165) is 0 Å². The lowest BCUT2D eigenvalue weighted by Gasteiger charge is -2.02. The summed E-state index contributed by atoms with van der Waals surface area (Å²) in [6.07, 6.45) is 0. The van der Waals surface area contributed by atoms with Crippen molar-refractivity contribution in [1.82, 2.24) is 4.98 Å². The van der Waals surface area contributed by atoms with Crippen LogP contribution in [-0.2, 0) is 0 Å². The highest BCUT2D eigenvalue weighted by molar-refractivity contribution is 9.10. The minimum atomic E-state index is -0.245. The fourth-order valence-corrected chi connectivity index (χ4v) is 2.49. The largest absolute Gasteiger partial charge is 0.306 e. The van der Waals surface area contributed by atoms with Gasteiger partial charge >= 0.3 is 0 Å². The average Bonchev–Trinajstić information content (AvgIpc) is 2.64. The Morgan fingerprint density at radius 2 is 2.25 bits per heavy atom. The van der Waals surface area contributed by atoms with Crippen LogP contribution >= 0.6 is 38.9 Å². The van der Waals surface area contributed by atoms with E-state index in [1.165, 1.54) is 11.3 Å². The van der Waals surface area contributed by atoms with Gasteiger partial charge in [0, 0.05) is 0 Å². The topological polar surface area (TPSA) is 42.0 Å². The average molecular weight is 318 g/mol. The van der Waals surface area contributed by atoms with Gasteiger partial charge in [0.05, 0.1) is 5.02 Å². The molecule has 0 unspecified atom stereocenters. The molecule has 2 aromatic heterocycles. The fourth-order valence-electron chi connectivity index (χ4n) is 1.11. The van der Waals surface area contributed by atoms with E-state index in [9.17, 15) is 4.79 Å². The Morgan fingerprint density at radius 1 is 1.44 bits per heavy atom. The first kappa shape index (κ1) is 11.6. The molecule has 0 aliphatic heterocycles. The molecule has 0 fully saturated rings. The molecule has 3 nitrogen and oxygen atoms in total. The normalized spacial score (nSPS) is 10.1. The molecular formula is C10H6BrClN2OS. The van der Waals surface area contributed by atoms with E-state index in [-0.39, 0.29) is 5.91 Å². The van der Waals surface area contributed by atoms with Gasteiger partial charge in [0.25, 0.3) is 5.91 Å². The highest BCUT2D eigenvalue weighted by Crippen LogP contribution is 2.23. The second kappa shape index (κ2) is 4.95. The second-order valence-electron chi connectivity index (χ2n) is 2.90. The van der Waals surface area contributed by atoms with Gasteiger partial charge in [0.1, 0.15) is 15.3 Å². The third kappa shape index (κ3) is 2.61. The van der Waals surface area contributed by atoms with E-state index in [2.05, 4.69) is 26.2 Å². The molecule has 0 bridgehead atoms. The van der Waals surface area contributed by atoms with E-state index in [1.54, 1.807) is 29.6 Å². The van der Waals surface area contributed by atoms with Crippen molar-refractivity contribution in [2.45, 2.75) is 0 Å². The summed E-state index contributed by atoms with van der Waals surface area (Å²) in [5.74, 6) is 0.245. The van der Waals surface area contributed by atoms with Gasteiger partial charge in [-0.3, -0.25) is 4.79 Å².